The first-order chi connectivity index (χ1) is 14.5. The number of hydrazone groups is 1. The molecule has 2 heterocycles. The summed E-state index contributed by atoms with van der Waals surface area (Å²) >= 11 is 0. The fourth-order valence-electron chi connectivity index (χ4n) is 3.71. The summed E-state index contributed by atoms with van der Waals surface area (Å²) in [6.45, 7) is 5.40. The minimum Gasteiger partial charge on any atom is -0.338 e. The van der Waals surface area contributed by atoms with Gasteiger partial charge in [0.25, 0.3) is 0 Å². The lowest BCUT2D eigenvalue weighted by molar-refractivity contribution is 0.198. The molecule has 2 atom stereocenters. The smallest absolute Gasteiger partial charge is 0.318 e. The Hall–Kier alpha value is -2.74. The number of rotatable bonds is 10. The predicted octanol–water partition coefficient (Wildman–Crippen LogP) is 2.24. The van der Waals surface area contributed by atoms with E-state index in [1.165, 1.54) is 12.0 Å². The van der Waals surface area contributed by atoms with Gasteiger partial charge in [-0.25, -0.2) is 4.79 Å². The molecule has 8 heteroatoms. The van der Waals surface area contributed by atoms with E-state index in [0.717, 1.165) is 30.6 Å². The molecule has 1 saturated carbocycles. The number of fused-ring (bicyclic) bond motifs is 1. The highest BCUT2D eigenvalue weighted by atomic mass is 16.2. The Bertz CT molecular complexity index is 792. The van der Waals surface area contributed by atoms with E-state index in [-0.39, 0.29) is 6.03 Å². The third-order valence-electron chi connectivity index (χ3n) is 5.68. The lowest BCUT2D eigenvalue weighted by Crippen LogP contribution is -2.37. The van der Waals surface area contributed by atoms with Crippen molar-refractivity contribution in [3.63, 3.8) is 0 Å². The second-order valence-corrected chi connectivity index (χ2v) is 8.22. The SMILES string of the molecule is CC=C(C=NN(C)C)C(=N)CNCCC1CC1CNC(=O)N1Cc2ccncc2C1. The van der Waals surface area contributed by atoms with E-state index in [9.17, 15) is 4.79 Å². The van der Waals surface area contributed by atoms with E-state index in [2.05, 4.69) is 20.7 Å². The lowest BCUT2D eigenvalue weighted by atomic mass is 10.1. The van der Waals surface area contributed by atoms with E-state index in [0.29, 0.717) is 37.2 Å². The molecule has 1 aromatic heterocycles. The van der Waals surface area contributed by atoms with Crippen LogP contribution in [0, 0.1) is 17.2 Å². The van der Waals surface area contributed by atoms with Gasteiger partial charge in [-0.15, -0.1) is 0 Å². The molecule has 30 heavy (non-hydrogen) atoms. The highest BCUT2D eigenvalue weighted by Crippen LogP contribution is 2.40. The Kier molecular flexibility index (Phi) is 7.57. The number of allylic oxidation sites excluding steroid dienone is 1. The van der Waals surface area contributed by atoms with E-state index >= 15 is 0 Å². The zero-order chi connectivity index (χ0) is 21.5. The molecule has 8 nitrogen and oxygen atoms in total. The van der Waals surface area contributed by atoms with Gasteiger partial charge in [-0.05, 0) is 55.3 Å². The van der Waals surface area contributed by atoms with E-state index < -0.39 is 0 Å². The molecule has 0 bridgehead atoms. The Morgan fingerprint density at radius 2 is 2.17 bits per heavy atom. The largest absolute Gasteiger partial charge is 0.338 e. The van der Waals surface area contributed by atoms with Gasteiger partial charge in [0, 0.05) is 58.2 Å². The first-order valence-corrected chi connectivity index (χ1v) is 10.6. The first kappa shape index (κ1) is 22.0. The molecule has 0 aromatic carbocycles. The molecule has 0 saturated heterocycles. The quantitative estimate of drug-likeness (QED) is 0.312. The molecular formula is C22H33N7O. The van der Waals surface area contributed by atoms with Crippen molar-refractivity contribution in [3.05, 3.63) is 41.2 Å². The van der Waals surface area contributed by atoms with Crippen molar-refractivity contribution in [2.45, 2.75) is 32.9 Å². The summed E-state index contributed by atoms with van der Waals surface area (Å²) in [5.41, 5.74) is 3.71. The minimum absolute atomic E-state index is 0.0155. The van der Waals surface area contributed by atoms with Crippen molar-refractivity contribution in [2.75, 3.05) is 33.7 Å². The van der Waals surface area contributed by atoms with Crippen LogP contribution in [0.4, 0.5) is 4.79 Å². The fraction of sp³-hybridized carbons (Fsp3) is 0.545. The highest BCUT2D eigenvalue weighted by molar-refractivity contribution is 6.15. The summed E-state index contributed by atoms with van der Waals surface area (Å²) in [7, 11) is 3.73. The van der Waals surface area contributed by atoms with Crippen LogP contribution in [0.25, 0.3) is 0 Å². The van der Waals surface area contributed by atoms with Crippen molar-refractivity contribution in [3.8, 4) is 0 Å². The molecule has 1 fully saturated rings. The number of urea groups is 1. The van der Waals surface area contributed by atoms with Crippen LogP contribution < -0.4 is 10.6 Å². The van der Waals surface area contributed by atoms with E-state index in [1.54, 1.807) is 17.4 Å². The average Bonchev–Trinajstić information content (AvgIpc) is 3.33. The zero-order valence-electron chi connectivity index (χ0n) is 18.2. The molecule has 1 aromatic rings. The van der Waals surface area contributed by atoms with Crippen LogP contribution in [0.3, 0.4) is 0 Å². The van der Waals surface area contributed by atoms with Crippen molar-refractivity contribution in [1.29, 1.82) is 5.41 Å². The molecule has 3 rings (SSSR count). The van der Waals surface area contributed by atoms with Crippen LogP contribution in [-0.4, -0.2) is 66.6 Å². The summed E-state index contributed by atoms with van der Waals surface area (Å²) < 4.78 is 0. The Morgan fingerprint density at radius 1 is 1.37 bits per heavy atom. The number of pyridine rings is 1. The number of nitrogens with one attached hydrogen (secondary N) is 3. The summed E-state index contributed by atoms with van der Waals surface area (Å²) in [6, 6.07) is 2.00. The predicted molar refractivity (Wildman–Crippen MR) is 120 cm³/mol. The fourth-order valence-corrected chi connectivity index (χ4v) is 3.71. The second-order valence-electron chi connectivity index (χ2n) is 8.22. The normalized spacial score (nSPS) is 20.4. The second kappa shape index (κ2) is 10.3. The third kappa shape index (κ3) is 6.13. The molecule has 1 aliphatic carbocycles. The number of aromatic nitrogens is 1. The molecule has 162 valence electrons. The number of carbonyl (C=O) groups excluding carboxylic acids is 1. The first-order valence-electron chi connectivity index (χ1n) is 10.6. The van der Waals surface area contributed by atoms with Crippen LogP contribution in [0.5, 0.6) is 0 Å². The van der Waals surface area contributed by atoms with Gasteiger partial charge in [0.05, 0.1) is 11.9 Å². The molecule has 3 N–H and O–H groups in total. The molecule has 0 spiro atoms. The van der Waals surface area contributed by atoms with E-state index in [1.807, 2.05) is 44.3 Å². The van der Waals surface area contributed by atoms with Gasteiger partial charge in [-0.3, -0.25) is 4.98 Å². The Labute approximate surface area is 178 Å². The third-order valence-corrected chi connectivity index (χ3v) is 5.68. The summed E-state index contributed by atoms with van der Waals surface area (Å²) in [5, 5.41) is 20.5. The molecule has 2 amide bonds. The van der Waals surface area contributed by atoms with Gasteiger partial charge in [0.15, 0.2) is 0 Å². The molecule has 2 aliphatic rings. The van der Waals surface area contributed by atoms with Gasteiger partial charge >= 0.3 is 6.03 Å². The number of hydrogen-bond acceptors (Lipinski definition) is 6. The lowest BCUT2D eigenvalue weighted by Gasteiger charge is -2.16. The molecular weight excluding hydrogens is 378 g/mol. The van der Waals surface area contributed by atoms with Crippen molar-refractivity contribution >= 4 is 18.0 Å². The molecule has 0 radical (unpaired) electrons. The van der Waals surface area contributed by atoms with Crippen LogP contribution in [0.1, 0.15) is 30.9 Å². The van der Waals surface area contributed by atoms with Crippen LogP contribution in [-0.2, 0) is 13.1 Å². The Balaban J connectivity index is 1.27. The van der Waals surface area contributed by atoms with Crippen LogP contribution in [0.15, 0.2) is 35.2 Å². The number of nitrogens with zero attached hydrogens (tertiary/aromatic N) is 4. The maximum Gasteiger partial charge on any atom is 0.318 e. The van der Waals surface area contributed by atoms with Gasteiger partial charge in [-0.2, -0.15) is 5.10 Å². The Morgan fingerprint density at radius 3 is 2.90 bits per heavy atom. The zero-order valence-corrected chi connectivity index (χ0v) is 18.2. The summed E-state index contributed by atoms with van der Waals surface area (Å²) in [6.07, 6.45) is 9.50. The molecule has 2 unspecified atom stereocenters. The van der Waals surface area contributed by atoms with Gasteiger partial charge in [0.1, 0.15) is 0 Å². The maximum absolute atomic E-state index is 12.4. The van der Waals surface area contributed by atoms with Crippen molar-refractivity contribution in [2.24, 2.45) is 16.9 Å². The average molecular weight is 412 g/mol. The van der Waals surface area contributed by atoms with Crippen molar-refractivity contribution in [1.82, 2.24) is 25.5 Å². The summed E-state index contributed by atoms with van der Waals surface area (Å²) in [4.78, 5) is 18.4. The number of hydrogen-bond donors (Lipinski definition) is 3. The number of carbonyl (C=O) groups is 1. The maximum atomic E-state index is 12.4. The van der Waals surface area contributed by atoms with Crippen LogP contribution >= 0.6 is 0 Å². The van der Waals surface area contributed by atoms with Gasteiger partial charge in [-0.1, -0.05) is 6.08 Å². The van der Waals surface area contributed by atoms with E-state index in [4.69, 9.17) is 5.41 Å². The van der Waals surface area contributed by atoms with Crippen LogP contribution in [0.2, 0.25) is 0 Å². The molecule has 1 aliphatic heterocycles. The highest BCUT2D eigenvalue weighted by Gasteiger charge is 2.36. The van der Waals surface area contributed by atoms with Crippen molar-refractivity contribution < 1.29 is 4.79 Å². The summed E-state index contributed by atoms with van der Waals surface area (Å²) in [5.74, 6) is 1.23. The van der Waals surface area contributed by atoms with Gasteiger partial charge in [0.2, 0.25) is 0 Å². The minimum atomic E-state index is 0.0155. The number of amides is 2. The topological polar surface area (TPSA) is 96.7 Å². The standard InChI is InChI=1S/C22H33N7O/c1-4-16(12-27-28(2)3)21(23)13-25-7-5-17-9-19(17)11-26-22(30)29-14-18-6-8-24-10-20(18)15-29/h4,6,8,10,12,17,19,23,25H,5,7,9,11,13-15H2,1-3H3,(H,26,30). The monoisotopic (exact) mass is 411 g/mol. The van der Waals surface area contributed by atoms with Gasteiger partial charge < -0.3 is 26.0 Å².